The minimum Gasteiger partial charge on any atom is -0.548 e. The Hall–Kier alpha value is -0.404. The molecule has 0 aromatic carbocycles. The van der Waals surface area contributed by atoms with Gasteiger partial charge in [0.1, 0.15) is 0 Å². The van der Waals surface area contributed by atoms with E-state index < -0.39 is 18.0 Å². The SMILES string of the molecule is COC(=O)/C=C(\C)N[C@@H](C(=O)[O-])C1=CCC=CC1.[K+]. The van der Waals surface area contributed by atoms with Gasteiger partial charge in [-0.25, -0.2) is 4.79 Å². The van der Waals surface area contributed by atoms with Crippen molar-refractivity contribution in [3.05, 3.63) is 35.6 Å². The second-order valence-electron chi connectivity index (χ2n) is 3.94. The van der Waals surface area contributed by atoms with Crippen LogP contribution in [-0.2, 0) is 14.3 Å². The van der Waals surface area contributed by atoms with Gasteiger partial charge in [-0.2, -0.15) is 0 Å². The van der Waals surface area contributed by atoms with E-state index in [0.717, 1.165) is 5.57 Å². The van der Waals surface area contributed by atoms with Crippen LogP contribution in [0.2, 0.25) is 0 Å². The Kier molecular flexibility index (Phi) is 9.29. The summed E-state index contributed by atoms with van der Waals surface area (Å²) in [5.41, 5.74) is 1.15. The molecule has 1 aliphatic rings. The fourth-order valence-corrected chi connectivity index (χ4v) is 1.66. The van der Waals surface area contributed by atoms with Crippen LogP contribution < -0.4 is 61.8 Å². The number of carbonyl (C=O) groups excluding carboxylic acids is 2. The van der Waals surface area contributed by atoms with Gasteiger partial charge in [-0.3, -0.25) is 0 Å². The molecule has 0 heterocycles. The summed E-state index contributed by atoms with van der Waals surface area (Å²) in [6.07, 6.45) is 8.20. The smallest absolute Gasteiger partial charge is 0.548 e. The molecule has 5 nitrogen and oxygen atoms in total. The molecule has 1 atom stereocenters. The third kappa shape index (κ3) is 6.53. The predicted molar refractivity (Wildman–Crippen MR) is 64.2 cm³/mol. The quantitative estimate of drug-likeness (QED) is 0.253. The van der Waals surface area contributed by atoms with Gasteiger partial charge in [0.05, 0.1) is 19.1 Å². The third-order valence-electron chi connectivity index (χ3n) is 2.55. The summed E-state index contributed by atoms with van der Waals surface area (Å²) in [5, 5.41) is 13.9. The number of methoxy groups -OCH3 is 1. The van der Waals surface area contributed by atoms with Gasteiger partial charge in [-0.05, 0) is 25.3 Å². The van der Waals surface area contributed by atoms with Crippen molar-refractivity contribution in [1.29, 1.82) is 0 Å². The second-order valence-corrected chi connectivity index (χ2v) is 3.94. The average molecular weight is 289 g/mol. The van der Waals surface area contributed by atoms with Crippen molar-refractivity contribution in [2.24, 2.45) is 0 Å². The molecule has 6 heteroatoms. The predicted octanol–water partition coefficient (Wildman–Crippen LogP) is -2.95. The van der Waals surface area contributed by atoms with E-state index in [4.69, 9.17) is 0 Å². The minimum atomic E-state index is -1.21. The summed E-state index contributed by atoms with van der Waals surface area (Å²) in [5.74, 6) is -1.75. The molecule has 0 aliphatic heterocycles. The second kappa shape index (κ2) is 9.49. The summed E-state index contributed by atoms with van der Waals surface area (Å²) >= 11 is 0. The van der Waals surface area contributed by atoms with Crippen molar-refractivity contribution in [3.63, 3.8) is 0 Å². The zero-order valence-corrected chi connectivity index (χ0v) is 14.6. The summed E-state index contributed by atoms with van der Waals surface area (Å²) < 4.78 is 4.46. The number of allylic oxidation sites excluding steroid dienone is 4. The van der Waals surface area contributed by atoms with Gasteiger partial charge in [-0.15, -0.1) is 0 Å². The van der Waals surface area contributed by atoms with Crippen molar-refractivity contribution in [2.45, 2.75) is 25.8 Å². The number of carboxylic acids is 1. The maximum Gasteiger partial charge on any atom is 1.00 e. The van der Waals surface area contributed by atoms with Crippen molar-refractivity contribution in [1.82, 2.24) is 5.32 Å². The summed E-state index contributed by atoms with van der Waals surface area (Å²) in [6, 6.07) is -0.921. The van der Waals surface area contributed by atoms with Gasteiger partial charge in [0.2, 0.25) is 0 Å². The average Bonchev–Trinajstić information content (AvgIpc) is 2.36. The van der Waals surface area contributed by atoms with Crippen LogP contribution in [0.4, 0.5) is 0 Å². The van der Waals surface area contributed by atoms with Gasteiger partial charge in [0.15, 0.2) is 0 Å². The van der Waals surface area contributed by atoms with Crippen LogP contribution in [0, 0.1) is 0 Å². The van der Waals surface area contributed by atoms with Crippen LogP contribution in [0.25, 0.3) is 0 Å². The topological polar surface area (TPSA) is 78.5 Å². The molecular formula is C13H16KNO4. The van der Waals surface area contributed by atoms with E-state index in [2.05, 4.69) is 10.1 Å². The summed E-state index contributed by atoms with van der Waals surface area (Å²) in [4.78, 5) is 22.1. The molecule has 0 aromatic heterocycles. The Labute approximate surface area is 155 Å². The molecule has 0 radical (unpaired) electrons. The molecular weight excluding hydrogens is 273 g/mol. The van der Waals surface area contributed by atoms with E-state index in [0.29, 0.717) is 18.5 Å². The van der Waals surface area contributed by atoms with E-state index in [1.165, 1.54) is 13.2 Å². The number of hydrogen-bond donors (Lipinski definition) is 1. The van der Waals surface area contributed by atoms with Gasteiger partial charge in [-0.1, -0.05) is 18.2 Å². The molecule has 1 aliphatic carbocycles. The van der Waals surface area contributed by atoms with Crippen LogP contribution in [0.3, 0.4) is 0 Å². The van der Waals surface area contributed by atoms with E-state index in [9.17, 15) is 14.7 Å². The van der Waals surface area contributed by atoms with Crippen LogP contribution in [0.1, 0.15) is 19.8 Å². The normalized spacial score (nSPS) is 15.9. The number of aliphatic carboxylic acids is 1. The Bertz CT molecular complexity index is 426. The first-order valence-electron chi connectivity index (χ1n) is 5.62. The number of rotatable bonds is 5. The van der Waals surface area contributed by atoms with Crippen molar-refractivity contribution >= 4 is 11.9 Å². The summed E-state index contributed by atoms with van der Waals surface area (Å²) in [7, 11) is 1.26. The number of hydrogen-bond acceptors (Lipinski definition) is 5. The van der Waals surface area contributed by atoms with Crippen LogP contribution in [0.15, 0.2) is 35.6 Å². The molecule has 0 spiro atoms. The number of nitrogens with one attached hydrogen (secondary N) is 1. The van der Waals surface area contributed by atoms with Gasteiger partial charge in [0, 0.05) is 11.8 Å². The fraction of sp³-hybridized carbons (Fsp3) is 0.385. The van der Waals surface area contributed by atoms with E-state index in [-0.39, 0.29) is 51.4 Å². The van der Waals surface area contributed by atoms with Gasteiger partial charge >= 0.3 is 57.4 Å². The fourth-order valence-electron chi connectivity index (χ4n) is 1.66. The van der Waals surface area contributed by atoms with Crippen LogP contribution in [-0.4, -0.2) is 25.1 Å². The molecule has 0 aromatic rings. The Balaban J connectivity index is 0.00000324. The first-order valence-corrected chi connectivity index (χ1v) is 5.62. The standard InChI is InChI=1S/C13H17NO4.K/c1-9(8-11(15)18-2)14-12(13(16)17)10-6-4-3-5-7-10;/h3-4,7-8,12,14H,5-6H2,1-2H3,(H,16,17);/q;+1/p-1/b9-8+;/t12-;/m1./s1. The van der Waals surface area contributed by atoms with E-state index in [1.807, 2.05) is 18.2 Å². The first kappa shape index (κ1) is 18.6. The first-order chi connectivity index (χ1) is 8.54. The zero-order valence-electron chi connectivity index (χ0n) is 11.4. The Morgan fingerprint density at radius 2 is 2.16 bits per heavy atom. The molecule has 98 valence electrons. The number of ether oxygens (including phenoxy) is 1. The maximum absolute atomic E-state index is 11.1. The minimum absolute atomic E-state index is 0. The molecule has 19 heavy (non-hydrogen) atoms. The molecule has 1 rings (SSSR count). The molecule has 0 amide bonds. The van der Waals surface area contributed by atoms with Crippen molar-refractivity contribution in [2.75, 3.05) is 7.11 Å². The van der Waals surface area contributed by atoms with Crippen molar-refractivity contribution in [3.8, 4) is 0 Å². The van der Waals surface area contributed by atoms with Gasteiger partial charge < -0.3 is 20.0 Å². The largest absolute Gasteiger partial charge is 1.00 e. The van der Waals surface area contributed by atoms with E-state index in [1.54, 1.807) is 6.92 Å². The molecule has 0 fully saturated rings. The van der Waals surface area contributed by atoms with Crippen LogP contribution in [0.5, 0.6) is 0 Å². The Morgan fingerprint density at radius 1 is 1.47 bits per heavy atom. The molecule has 1 N–H and O–H groups in total. The molecule has 0 saturated carbocycles. The molecule has 0 unspecified atom stereocenters. The Morgan fingerprint density at radius 3 is 2.63 bits per heavy atom. The molecule has 0 saturated heterocycles. The van der Waals surface area contributed by atoms with Crippen LogP contribution >= 0.6 is 0 Å². The summed E-state index contributed by atoms with van der Waals surface area (Å²) in [6.45, 7) is 1.60. The number of carbonyl (C=O) groups is 2. The maximum atomic E-state index is 11.1. The van der Waals surface area contributed by atoms with E-state index >= 15 is 0 Å². The van der Waals surface area contributed by atoms with Crippen molar-refractivity contribution < 1.29 is 70.8 Å². The van der Waals surface area contributed by atoms with Gasteiger partial charge in [0.25, 0.3) is 0 Å². The number of carboxylic acid groups (broad SMARTS) is 1. The third-order valence-corrected chi connectivity index (χ3v) is 2.55. The number of esters is 1. The zero-order chi connectivity index (χ0) is 13.5. The monoisotopic (exact) mass is 289 g/mol. The molecule has 0 bridgehead atoms.